The molecule has 0 radical (unpaired) electrons. The predicted molar refractivity (Wildman–Crippen MR) is 136 cm³/mol. The molecule has 2 aromatic carbocycles. The maximum atomic E-state index is 12.9. The molecule has 2 N–H and O–H groups in total. The fraction of sp³-hybridized carbons (Fsp3) is 0.429. The molecular formula is C28H33N3O4. The van der Waals surface area contributed by atoms with E-state index in [4.69, 9.17) is 19.2 Å². The highest BCUT2D eigenvalue weighted by atomic mass is 16.5. The minimum Gasteiger partial charge on any atom is -0.491 e. The minimum absolute atomic E-state index is 0.160. The molecule has 1 aromatic heterocycles. The number of amides is 1. The van der Waals surface area contributed by atoms with Crippen LogP contribution in [0.15, 0.2) is 48.7 Å². The summed E-state index contributed by atoms with van der Waals surface area (Å²) in [6, 6.07) is 13.3. The van der Waals surface area contributed by atoms with Crippen LogP contribution < -0.4 is 15.4 Å². The zero-order valence-electron chi connectivity index (χ0n) is 20.4. The van der Waals surface area contributed by atoms with Gasteiger partial charge in [-0.3, -0.25) is 9.78 Å². The summed E-state index contributed by atoms with van der Waals surface area (Å²) < 4.78 is 16.7. The summed E-state index contributed by atoms with van der Waals surface area (Å²) >= 11 is 0. The first-order chi connectivity index (χ1) is 17.0. The maximum absolute atomic E-state index is 12.9. The Morgan fingerprint density at radius 2 is 2.03 bits per heavy atom. The van der Waals surface area contributed by atoms with Crippen LogP contribution in [-0.4, -0.2) is 50.0 Å². The van der Waals surface area contributed by atoms with Crippen molar-refractivity contribution in [3.8, 4) is 5.75 Å². The number of benzene rings is 2. The summed E-state index contributed by atoms with van der Waals surface area (Å²) in [6.07, 6.45) is 4.20. The third-order valence-corrected chi connectivity index (χ3v) is 6.77. The van der Waals surface area contributed by atoms with E-state index in [-0.39, 0.29) is 17.4 Å². The van der Waals surface area contributed by atoms with Crippen LogP contribution in [-0.2, 0) is 16.0 Å². The Morgan fingerprint density at radius 3 is 2.74 bits per heavy atom. The van der Waals surface area contributed by atoms with Gasteiger partial charge in [0.25, 0.3) is 5.91 Å². The molecule has 2 saturated heterocycles. The number of carbonyl (C=O) groups excluding carboxylic acids is 1. The molecule has 1 atom stereocenters. The fourth-order valence-corrected chi connectivity index (χ4v) is 4.55. The molecule has 3 aromatic rings. The number of aryl methyl sites for hydroxylation is 1. The summed E-state index contributed by atoms with van der Waals surface area (Å²) in [4.78, 5) is 17.5. The van der Waals surface area contributed by atoms with Crippen LogP contribution in [0.1, 0.15) is 41.3 Å². The van der Waals surface area contributed by atoms with Crippen molar-refractivity contribution < 1.29 is 19.0 Å². The Labute approximate surface area is 206 Å². The van der Waals surface area contributed by atoms with Crippen molar-refractivity contribution in [2.24, 2.45) is 5.41 Å². The first kappa shape index (κ1) is 23.7. The van der Waals surface area contributed by atoms with E-state index in [1.165, 1.54) is 0 Å². The second-order valence-electron chi connectivity index (χ2n) is 9.98. The average molecular weight is 476 g/mol. The Bertz CT molecular complexity index is 1180. The predicted octanol–water partition coefficient (Wildman–Crippen LogP) is 4.48. The zero-order valence-corrected chi connectivity index (χ0v) is 20.4. The summed E-state index contributed by atoms with van der Waals surface area (Å²) in [6.45, 7) is 8.90. The lowest BCUT2D eigenvalue weighted by atomic mass is 9.89. The molecule has 5 rings (SSSR count). The summed E-state index contributed by atoms with van der Waals surface area (Å²) in [5.41, 5.74) is 4.56. The second kappa shape index (κ2) is 10.3. The number of hydrogen-bond donors (Lipinski definition) is 2. The van der Waals surface area contributed by atoms with Gasteiger partial charge in [-0.05, 0) is 67.3 Å². The molecular weight excluding hydrogens is 442 g/mol. The van der Waals surface area contributed by atoms with Crippen molar-refractivity contribution in [2.45, 2.75) is 39.3 Å². The van der Waals surface area contributed by atoms with E-state index in [2.05, 4.69) is 23.6 Å². The fourth-order valence-electron chi connectivity index (χ4n) is 4.55. The topological polar surface area (TPSA) is 81.7 Å². The van der Waals surface area contributed by atoms with Gasteiger partial charge in [-0.2, -0.15) is 0 Å². The van der Waals surface area contributed by atoms with E-state index < -0.39 is 0 Å². The molecule has 7 nitrogen and oxygen atoms in total. The van der Waals surface area contributed by atoms with Crippen molar-refractivity contribution in [2.75, 3.05) is 38.3 Å². The molecule has 3 heterocycles. The van der Waals surface area contributed by atoms with Gasteiger partial charge >= 0.3 is 0 Å². The normalized spacial score (nSPS) is 18.9. The molecule has 0 saturated carbocycles. The van der Waals surface area contributed by atoms with Crippen LogP contribution >= 0.6 is 0 Å². The van der Waals surface area contributed by atoms with Crippen molar-refractivity contribution in [3.05, 3.63) is 65.4 Å². The molecule has 1 unspecified atom stereocenters. The lowest BCUT2D eigenvalue weighted by Gasteiger charge is -2.38. The molecule has 2 aliphatic rings. The standard InChI is InChI=1S/C28H33N3O4/c1-19-25(31-27(32)21-5-8-23(9-6-21)35-15-24-4-3-11-34-24)10-7-22-12-20(14-30-26(19)22)13-29-16-28(2)17-33-18-28/h5-10,12,14,24,29H,3-4,11,13,15-18H2,1-2H3,(H,31,32). The van der Waals surface area contributed by atoms with Crippen LogP contribution in [0.25, 0.3) is 10.9 Å². The van der Waals surface area contributed by atoms with E-state index >= 15 is 0 Å². The number of fused-ring (bicyclic) bond motifs is 1. The van der Waals surface area contributed by atoms with Crippen LogP contribution in [0.5, 0.6) is 5.75 Å². The summed E-state index contributed by atoms with van der Waals surface area (Å²) in [5, 5.41) is 7.60. The molecule has 35 heavy (non-hydrogen) atoms. The number of ether oxygens (including phenoxy) is 3. The van der Waals surface area contributed by atoms with Crippen molar-refractivity contribution in [1.29, 1.82) is 0 Å². The van der Waals surface area contributed by atoms with Crippen molar-refractivity contribution in [1.82, 2.24) is 10.3 Å². The second-order valence-corrected chi connectivity index (χ2v) is 9.98. The number of hydrogen-bond acceptors (Lipinski definition) is 6. The molecule has 2 aliphatic heterocycles. The van der Waals surface area contributed by atoms with Gasteiger partial charge in [0.1, 0.15) is 12.4 Å². The molecule has 7 heteroatoms. The van der Waals surface area contributed by atoms with Gasteiger partial charge in [-0.15, -0.1) is 0 Å². The van der Waals surface area contributed by atoms with Gasteiger partial charge < -0.3 is 24.8 Å². The van der Waals surface area contributed by atoms with Crippen LogP contribution in [0.3, 0.4) is 0 Å². The minimum atomic E-state index is -0.160. The van der Waals surface area contributed by atoms with E-state index in [0.29, 0.717) is 12.2 Å². The first-order valence-electron chi connectivity index (χ1n) is 12.3. The molecule has 0 aliphatic carbocycles. The van der Waals surface area contributed by atoms with Gasteiger partial charge in [-0.1, -0.05) is 13.0 Å². The van der Waals surface area contributed by atoms with E-state index in [1.54, 1.807) is 12.1 Å². The maximum Gasteiger partial charge on any atom is 0.255 e. The van der Waals surface area contributed by atoms with Gasteiger partial charge in [-0.25, -0.2) is 0 Å². The number of pyridine rings is 1. The van der Waals surface area contributed by atoms with Gasteiger partial charge in [0.2, 0.25) is 0 Å². The third-order valence-electron chi connectivity index (χ3n) is 6.77. The van der Waals surface area contributed by atoms with Crippen LogP contribution in [0.4, 0.5) is 5.69 Å². The highest BCUT2D eigenvalue weighted by Crippen LogP contribution is 2.27. The molecule has 0 spiro atoms. The van der Waals surface area contributed by atoms with Gasteiger partial charge in [0.15, 0.2) is 0 Å². The average Bonchev–Trinajstić information content (AvgIpc) is 3.37. The lowest BCUT2D eigenvalue weighted by Crippen LogP contribution is -2.47. The number of nitrogens with zero attached hydrogens (tertiary/aromatic N) is 1. The largest absolute Gasteiger partial charge is 0.491 e. The molecule has 0 bridgehead atoms. The van der Waals surface area contributed by atoms with Gasteiger partial charge in [0.05, 0.1) is 24.8 Å². The molecule has 184 valence electrons. The Hall–Kier alpha value is -3.00. The number of carbonyl (C=O) groups is 1. The van der Waals surface area contributed by atoms with E-state index in [1.807, 2.05) is 37.4 Å². The van der Waals surface area contributed by atoms with Crippen LogP contribution in [0, 0.1) is 12.3 Å². The third kappa shape index (κ3) is 5.64. The monoisotopic (exact) mass is 475 g/mol. The van der Waals surface area contributed by atoms with Crippen molar-refractivity contribution in [3.63, 3.8) is 0 Å². The quantitative estimate of drug-likeness (QED) is 0.475. The lowest BCUT2D eigenvalue weighted by molar-refractivity contribution is -0.0991. The Balaban J connectivity index is 1.19. The smallest absolute Gasteiger partial charge is 0.255 e. The Morgan fingerprint density at radius 1 is 1.20 bits per heavy atom. The SMILES string of the molecule is Cc1c(NC(=O)c2ccc(OCC3CCCO3)cc2)ccc2cc(CNCC3(C)COC3)cnc12. The zero-order chi connectivity index (χ0) is 24.3. The molecule has 2 fully saturated rings. The van der Waals surface area contributed by atoms with Gasteiger partial charge in [0, 0.05) is 47.9 Å². The van der Waals surface area contributed by atoms with Crippen molar-refractivity contribution >= 4 is 22.5 Å². The molecule has 1 amide bonds. The number of anilines is 1. The van der Waals surface area contributed by atoms with E-state index in [9.17, 15) is 4.79 Å². The summed E-state index contributed by atoms with van der Waals surface area (Å²) in [7, 11) is 0. The number of aromatic nitrogens is 1. The number of nitrogens with one attached hydrogen (secondary N) is 2. The van der Waals surface area contributed by atoms with Crippen LogP contribution in [0.2, 0.25) is 0 Å². The Kier molecular flexibility index (Phi) is 7.00. The first-order valence-corrected chi connectivity index (χ1v) is 12.3. The highest BCUT2D eigenvalue weighted by molar-refractivity contribution is 6.06. The highest BCUT2D eigenvalue weighted by Gasteiger charge is 2.32. The van der Waals surface area contributed by atoms with E-state index in [0.717, 1.165) is 79.2 Å². The summed E-state index contributed by atoms with van der Waals surface area (Å²) in [5.74, 6) is 0.580. The number of rotatable bonds is 9.